The van der Waals surface area contributed by atoms with E-state index in [9.17, 15) is 4.79 Å². The molecule has 1 heterocycles. The quantitative estimate of drug-likeness (QED) is 0.172. The number of carbonyl (C=O) groups is 1. The van der Waals surface area contributed by atoms with Crippen LogP contribution in [0.3, 0.4) is 0 Å². The fraction of sp³-hybridized carbons (Fsp3) is 0.174. The van der Waals surface area contributed by atoms with Crippen LogP contribution in [0.4, 0.5) is 5.69 Å². The van der Waals surface area contributed by atoms with Gasteiger partial charge in [-0.2, -0.15) is 5.10 Å². The Morgan fingerprint density at radius 3 is 2.38 bits per heavy atom. The summed E-state index contributed by atoms with van der Waals surface area (Å²) in [4.78, 5) is 16.1. The number of halogens is 1. The predicted octanol–water partition coefficient (Wildman–Crippen LogP) is 4.15. The van der Waals surface area contributed by atoms with Gasteiger partial charge in [0.1, 0.15) is 0 Å². The topological polar surface area (TPSA) is 108 Å². The number of pyridine rings is 1. The highest BCUT2D eigenvalue weighted by Gasteiger charge is 2.23. The number of nitrogens with zero attached hydrogens (tertiary/aromatic N) is 2. The van der Waals surface area contributed by atoms with Crippen molar-refractivity contribution in [2.75, 3.05) is 19.5 Å². The maximum atomic E-state index is 11.9. The molecule has 0 aliphatic heterocycles. The van der Waals surface area contributed by atoms with E-state index in [4.69, 9.17) is 20.1 Å². The van der Waals surface area contributed by atoms with Crippen LogP contribution in [-0.4, -0.2) is 31.4 Å². The number of methoxy groups -OCH3 is 2. The van der Waals surface area contributed by atoms with Crippen molar-refractivity contribution >= 4 is 30.3 Å². The van der Waals surface area contributed by atoms with Gasteiger partial charge >= 0.3 is 5.97 Å². The molecule has 0 saturated heterocycles. The Balaban J connectivity index is 0.00000363. The van der Waals surface area contributed by atoms with Crippen molar-refractivity contribution < 1.29 is 19.0 Å². The molecule has 9 heteroatoms. The Kier molecular flexibility index (Phi) is 8.85. The number of esters is 1. The van der Waals surface area contributed by atoms with Gasteiger partial charge in [-0.3, -0.25) is 9.78 Å². The highest BCUT2D eigenvalue weighted by molar-refractivity contribution is 5.85. The van der Waals surface area contributed by atoms with Gasteiger partial charge in [-0.1, -0.05) is 18.2 Å². The Bertz CT molecular complexity index is 1060. The number of carbonyl (C=O) groups excluding carboxylic acids is 1. The summed E-state index contributed by atoms with van der Waals surface area (Å²) in [6, 6.07) is 14.8. The van der Waals surface area contributed by atoms with Crippen LogP contribution >= 0.6 is 12.4 Å². The lowest BCUT2D eigenvalue weighted by atomic mass is 9.98. The minimum atomic E-state index is -0.790. The summed E-state index contributed by atoms with van der Waals surface area (Å²) in [5.41, 5.74) is 3.91. The lowest BCUT2D eigenvalue weighted by Crippen LogP contribution is -2.18. The highest BCUT2D eigenvalue weighted by atomic mass is 35.5. The van der Waals surface area contributed by atoms with Crippen LogP contribution < -0.4 is 20.6 Å². The van der Waals surface area contributed by atoms with Crippen LogP contribution in [0.5, 0.6) is 11.5 Å². The van der Waals surface area contributed by atoms with Crippen molar-refractivity contribution in [3.05, 3.63) is 72.1 Å². The van der Waals surface area contributed by atoms with Crippen LogP contribution in [0.1, 0.15) is 24.3 Å². The molecule has 1 unspecified atom stereocenters. The number of hydrazone groups is 1. The smallest absolute Gasteiger partial charge is 0.304 e. The zero-order valence-electron chi connectivity index (χ0n) is 17.9. The summed E-state index contributed by atoms with van der Waals surface area (Å²) >= 11 is 0. The molecule has 0 fully saturated rings. The molecule has 3 rings (SSSR count). The lowest BCUT2D eigenvalue weighted by Gasteiger charge is -2.24. The molecule has 32 heavy (non-hydrogen) atoms. The van der Waals surface area contributed by atoms with Gasteiger partial charge in [0, 0.05) is 36.1 Å². The first-order valence-corrected chi connectivity index (χ1v) is 9.49. The van der Waals surface area contributed by atoms with Crippen LogP contribution in [0.15, 0.2) is 66.0 Å². The van der Waals surface area contributed by atoms with E-state index in [0.29, 0.717) is 17.1 Å². The molecule has 0 bridgehead atoms. The molecule has 168 valence electrons. The first kappa shape index (κ1) is 24.5. The van der Waals surface area contributed by atoms with Gasteiger partial charge in [-0.25, -0.2) is 0 Å². The summed E-state index contributed by atoms with van der Waals surface area (Å²) in [6.07, 6.45) is 4.18. The van der Waals surface area contributed by atoms with Crippen molar-refractivity contribution in [2.24, 2.45) is 10.9 Å². The average Bonchev–Trinajstić information content (AvgIpc) is 2.79. The third kappa shape index (κ3) is 5.89. The average molecular weight is 457 g/mol. The molecule has 0 spiro atoms. The molecule has 0 aliphatic carbocycles. The molecule has 8 nitrogen and oxygen atoms in total. The van der Waals surface area contributed by atoms with Crippen LogP contribution in [0, 0.1) is 0 Å². The number of aromatic nitrogens is 1. The second kappa shape index (κ2) is 11.6. The van der Waals surface area contributed by atoms with Gasteiger partial charge in [0.15, 0.2) is 17.7 Å². The normalized spacial score (nSPS) is 11.3. The summed E-state index contributed by atoms with van der Waals surface area (Å²) in [5, 5.41) is 6.78. The number of hydrogen-bond donors (Lipinski definition) is 2. The summed E-state index contributed by atoms with van der Waals surface area (Å²) in [5.74, 6) is 5.83. The standard InChI is InChI=1S/C23H24N4O4.ClH/c1-15(28)31-23(27-18-8-6-16(7-9-18)13-26-24)20-12-22(30-3)21(29-2)11-19(20)17-5-4-10-25-14-17;/h4-14,23,27H,24H2,1-3H3;1H. The second-order valence-electron chi connectivity index (χ2n) is 6.57. The fourth-order valence-electron chi connectivity index (χ4n) is 3.12. The van der Waals surface area contributed by atoms with E-state index in [1.807, 2.05) is 42.5 Å². The van der Waals surface area contributed by atoms with E-state index >= 15 is 0 Å². The van der Waals surface area contributed by atoms with Crippen LogP contribution in [0.25, 0.3) is 11.1 Å². The fourth-order valence-corrected chi connectivity index (χ4v) is 3.12. The first-order chi connectivity index (χ1) is 15.0. The predicted molar refractivity (Wildman–Crippen MR) is 126 cm³/mol. The van der Waals surface area contributed by atoms with Gasteiger partial charge < -0.3 is 25.4 Å². The van der Waals surface area contributed by atoms with Gasteiger partial charge in [0.2, 0.25) is 0 Å². The Morgan fingerprint density at radius 2 is 1.81 bits per heavy atom. The first-order valence-electron chi connectivity index (χ1n) is 9.49. The molecule has 1 aromatic heterocycles. The number of nitrogens with two attached hydrogens (primary N) is 1. The molecule has 0 radical (unpaired) electrons. The van der Waals surface area contributed by atoms with E-state index in [2.05, 4.69) is 15.4 Å². The van der Waals surface area contributed by atoms with Crippen molar-refractivity contribution in [3.8, 4) is 22.6 Å². The molecule has 1 atom stereocenters. The van der Waals surface area contributed by atoms with E-state index in [1.165, 1.54) is 6.92 Å². The number of benzene rings is 2. The van der Waals surface area contributed by atoms with Crippen molar-refractivity contribution in [1.82, 2.24) is 4.98 Å². The summed E-state index contributed by atoms with van der Waals surface area (Å²) < 4.78 is 16.6. The molecule has 3 aromatic rings. The van der Waals surface area contributed by atoms with Gasteiger partial charge in [0.25, 0.3) is 0 Å². The monoisotopic (exact) mass is 456 g/mol. The molecule has 0 saturated carbocycles. The third-order valence-corrected chi connectivity index (χ3v) is 4.53. The minimum Gasteiger partial charge on any atom is -0.493 e. The van der Waals surface area contributed by atoms with E-state index in [-0.39, 0.29) is 12.4 Å². The maximum absolute atomic E-state index is 11.9. The maximum Gasteiger partial charge on any atom is 0.304 e. The van der Waals surface area contributed by atoms with Crippen molar-refractivity contribution in [3.63, 3.8) is 0 Å². The number of rotatable bonds is 8. The molecular formula is C23H25ClN4O4. The van der Waals surface area contributed by atoms with Crippen LogP contribution in [0.2, 0.25) is 0 Å². The van der Waals surface area contributed by atoms with Crippen molar-refractivity contribution in [1.29, 1.82) is 0 Å². The Morgan fingerprint density at radius 1 is 1.12 bits per heavy atom. The van der Waals surface area contributed by atoms with Crippen molar-refractivity contribution in [2.45, 2.75) is 13.2 Å². The minimum absolute atomic E-state index is 0. The van der Waals surface area contributed by atoms with E-state index in [0.717, 1.165) is 22.4 Å². The number of anilines is 1. The zero-order valence-corrected chi connectivity index (χ0v) is 18.8. The molecular weight excluding hydrogens is 432 g/mol. The Labute approximate surface area is 192 Å². The number of hydrogen-bond acceptors (Lipinski definition) is 8. The van der Waals surface area contributed by atoms with Gasteiger partial charge in [-0.15, -0.1) is 12.4 Å². The van der Waals surface area contributed by atoms with Gasteiger partial charge in [0.05, 0.1) is 20.4 Å². The molecule has 3 N–H and O–H groups in total. The second-order valence-corrected chi connectivity index (χ2v) is 6.57. The molecule has 2 aromatic carbocycles. The highest BCUT2D eigenvalue weighted by Crippen LogP contribution is 2.39. The van der Waals surface area contributed by atoms with Crippen LogP contribution in [-0.2, 0) is 9.53 Å². The summed E-state index contributed by atoms with van der Waals surface area (Å²) in [7, 11) is 3.12. The third-order valence-electron chi connectivity index (χ3n) is 4.53. The number of nitrogens with one attached hydrogen (secondary N) is 1. The summed E-state index contributed by atoms with van der Waals surface area (Å²) in [6.45, 7) is 1.36. The number of ether oxygens (including phenoxy) is 3. The lowest BCUT2D eigenvalue weighted by molar-refractivity contribution is -0.145. The van der Waals surface area contributed by atoms with E-state index in [1.54, 1.807) is 38.9 Å². The Hall–Kier alpha value is -3.78. The largest absolute Gasteiger partial charge is 0.493 e. The van der Waals surface area contributed by atoms with E-state index < -0.39 is 12.2 Å². The SMILES string of the molecule is COc1cc(-c2cccnc2)c(C(Nc2ccc(C=NN)cc2)OC(C)=O)cc1OC.Cl. The van der Waals surface area contributed by atoms with Gasteiger partial charge in [-0.05, 0) is 41.5 Å². The molecule has 0 amide bonds. The molecule has 0 aliphatic rings. The zero-order chi connectivity index (χ0) is 22.2.